The number of ether oxygens (including phenoxy) is 1. The van der Waals surface area contributed by atoms with Gasteiger partial charge < -0.3 is 9.84 Å². The molecule has 1 aromatic rings. The molecule has 15 heavy (non-hydrogen) atoms. The molecule has 2 nitrogen and oxygen atoms in total. The molecular weight excluding hydrogens is 233 g/mol. The summed E-state index contributed by atoms with van der Waals surface area (Å²) in [5.41, 5.74) is 0.330. The van der Waals surface area contributed by atoms with Crippen LogP contribution in [0, 0.1) is 0 Å². The Morgan fingerprint density at radius 3 is 2.53 bits per heavy atom. The van der Waals surface area contributed by atoms with E-state index in [4.69, 9.17) is 16.7 Å². The van der Waals surface area contributed by atoms with Crippen molar-refractivity contribution in [2.75, 3.05) is 6.61 Å². The van der Waals surface area contributed by atoms with Crippen LogP contribution in [0.3, 0.4) is 0 Å². The second kappa shape index (κ2) is 4.72. The maximum absolute atomic E-state index is 11.8. The number of rotatable bonds is 3. The monoisotopic (exact) mass is 240 g/mol. The minimum atomic E-state index is -4.40. The van der Waals surface area contributed by atoms with Gasteiger partial charge in [-0.25, -0.2) is 0 Å². The van der Waals surface area contributed by atoms with Crippen molar-refractivity contribution in [2.45, 2.75) is 12.8 Å². The predicted octanol–water partition coefficient (Wildman–Crippen LogP) is 2.77. The largest absolute Gasteiger partial charge is 0.483 e. The molecule has 0 atom stereocenters. The second-order valence-corrected chi connectivity index (χ2v) is 3.17. The van der Waals surface area contributed by atoms with E-state index in [0.29, 0.717) is 5.56 Å². The van der Waals surface area contributed by atoms with Crippen LogP contribution >= 0.6 is 11.6 Å². The predicted molar refractivity (Wildman–Crippen MR) is 48.9 cm³/mol. The molecule has 0 unspecified atom stereocenters. The van der Waals surface area contributed by atoms with Crippen LogP contribution in [0.15, 0.2) is 18.2 Å². The molecule has 0 spiro atoms. The summed E-state index contributed by atoms with van der Waals surface area (Å²) < 4.78 is 40.0. The van der Waals surface area contributed by atoms with E-state index in [-0.39, 0.29) is 17.4 Å². The Hall–Kier alpha value is -0.940. The number of hydrogen-bond acceptors (Lipinski definition) is 2. The van der Waals surface area contributed by atoms with E-state index < -0.39 is 12.8 Å². The van der Waals surface area contributed by atoms with Crippen LogP contribution in [0.4, 0.5) is 13.2 Å². The van der Waals surface area contributed by atoms with Gasteiger partial charge in [0.1, 0.15) is 5.75 Å². The van der Waals surface area contributed by atoms with Gasteiger partial charge in [0.25, 0.3) is 0 Å². The summed E-state index contributed by atoms with van der Waals surface area (Å²) in [5, 5.41) is 8.81. The van der Waals surface area contributed by atoms with Gasteiger partial charge in [-0.2, -0.15) is 13.2 Å². The Labute approximate surface area is 89.2 Å². The number of benzene rings is 1. The van der Waals surface area contributed by atoms with Crippen molar-refractivity contribution in [3.63, 3.8) is 0 Å². The third-order valence-corrected chi connectivity index (χ3v) is 2.03. The topological polar surface area (TPSA) is 29.5 Å². The molecule has 0 aliphatic heterocycles. The number of hydrogen-bond donors (Lipinski definition) is 1. The van der Waals surface area contributed by atoms with Gasteiger partial charge in [-0.1, -0.05) is 23.7 Å². The third kappa shape index (κ3) is 3.60. The highest BCUT2D eigenvalue weighted by atomic mass is 35.5. The fraction of sp³-hybridized carbons (Fsp3) is 0.333. The van der Waals surface area contributed by atoms with E-state index in [9.17, 15) is 13.2 Å². The van der Waals surface area contributed by atoms with E-state index in [1.54, 1.807) is 0 Å². The van der Waals surface area contributed by atoms with Crippen molar-refractivity contribution in [3.8, 4) is 5.75 Å². The second-order valence-electron chi connectivity index (χ2n) is 2.79. The summed E-state index contributed by atoms with van der Waals surface area (Å²) in [6, 6.07) is 4.28. The molecule has 0 aliphatic rings. The lowest BCUT2D eigenvalue weighted by Crippen LogP contribution is -2.19. The van der Waals surface area contributed by atoms with Crippen molar-refractivity contribution in [1.82, 2.24) is 0 Å². The highest BCUT2D eigenvalue weighted by Gasteiger charge is 2.28. The number of aliphatic hydroxyl groups is 1. The van der Waals surface area contributed by atoms with E-state index in [1.807, 2.05) is 0 Å². The fourth-order valence-corrected chi connectivity index (χ4v) is 1.19. The summed E-state index contributed by atoms with van der Waals surface area (Å²) in [4.78, 5) is 0. The molecule has 0 aromatic heterocycles. The first-order chi connectivity index (χ1) is 6.94. The Bertz CT molecular complexity index is 339. The Balaban J connectivity index is 2.78. The molecule has 6 heteroatoms. The zero-order valence-corrected chi connectivity index (χ0v) is 8.27. The maximum atomic E-state index is 11.8. The maximum Gasteiger partial charge on any atom is 0.422 e. The van der Waals surface area contributed by atoms with Crippen LogP contribution < -0.4 is 4.74 Å². The molecular formula is C9H8ClF3O2. The van der Waals surface area contributed by atoms with Crippen molar-refractivity contribution in [1.29, 1.82) is 0 Å². The lowest BCUT2D eigenvalue weighted by molar-refractivity contribution is -0.153. The molecule has 1 rings (SSSR count). The summed E-state index contributed by atoms with van der Waals surface area (Å²) in [6.07, 6.45) is -4.40. The van der Waals surface area contributed by atoms with E-state index in [0.717, 1.165) is 0 Å². The molecule has 0 heterocycles. The molecule has 0 fully saturated rings. The summed E-state index contributed by atoms with van der Waals surface area (Å²) in [6.45, 7) is -1.75. The molecule has 1 N–H and O–H groups in total. The van der Waals surface area contributed by atoms with E-state index in [2.05, 4.69) is 4.74 Å². The average Bonchev–Trinajstić information content (AvgIpc) is 2.15. The van der Waals surface area contributed by atoms with Gasteiger partial charge in [-0.15, -0.1) is 0 Å². The van der Waals surface area contributed by atoms with Gasteiger partial charge in [0, 0.05) is 0 Å². The van der Waals surface area contributed by atoms with Crippen LogP contribution in [0.1, 0.15) is 5.56 Å². The zero-order chi connectivity index (χ0) is 11.5. The smallest absolute Gasteiger partial charge is 0.422 e. The van der Waals surface area contributed by atoms with Gasteiger partial charge in [-0.3, -0.25) is 0 Å². The molecule has 0 saturated carbocycles. The normalized spacial score (nSPS) is 11.5. The number of halogens is 4. The van der Waals surface area contributed by atoms with Gasteiger partial charge in [0.15, 0.2) is 6.61 Å². The van der Waals surface area contributed by atoms with Crippen molar-refractivity contribution in [2.24, 2.45) is 0 Å². The van der Waals surface area contributed by atoms with E-state index >= 15 is 0 Å². The fourth-order valence-electron chi connectivity index (χ4n) is 0.949. The minimum absolute atomic E-state index is 0.00394. The molecule has 1 aromatic carbocycles. The average molecular weight is 241 g/mol. The molecule has 0 radical (unpaired) electrons. The molecule has 0 aliphatic carbocycles. The Kier molecular flexibility index (Phi) is 3.82. The van der Waals surface area contributed by atoms with Gasteiger partial charge >= 0.3 is 6.18 Å². The standard InChI is InChI=1S/C9H8ClF3O2/c10-8-6(4-14)2-1-3-7(8)15-5-9(11,12)13/h1-3,14H,4-5H2. The number of alkyl halides is 3. The number of aliphatic hydroxyl groups excluding tert-OH is 1. The van der Waals surface area contributed by atoms with Crippen molar-refractivity contribution >= 4 is 11.6 Å². The third-order valence-electron chi connectivity index (χ3n) is 1.60. The highest BCUT2D eigenvalue weighted by Crippen LogP contribution is 2.29. The lowest BCUT2D eigenvalue weighted by atomic mass is 10.2. The highest BCUT2D eigenvalue weighted by molar-refractivity contribution is 6.32. The first kappa shape index (κ1) is 12.1. The van der Waals surface area contributed by atoms with Crippen LogP contribution in [0.2, 0.25) is 5.02 Å². The van der Waals surface area contributed by atoms with Gasteiger partial charge in [0.2, 0.25) is 0 Å². The Morgan fingerprint density at radius 1 is 1.33 bits per heavy atom. The van der Waals surface area contributed by atoms with Gasteiger partial charge in [-0.05, 0) is 11.6 Å². The van der Waals surface area contributed by atoms with E-state index in [1.165, 1.54) is 18.2 Å². The van der Waals surface area contributed by atoms with Crippen LogP contribution in [-0.4, -0.2) is 17.9 Å². The van der Waals surface area contributed by atoms with Crippen molar-refractivity contribution in [3.05, 3.63) is 28.8 Å². The molecule has 0 amide bonds. The van der Waals surface area contributed by atoms with Crippen molar-refractivity contribution < 1.29 is 23.0 Å². The molecule has 84 valence electrons. The van der Waals surface area contributed by atoms with Crippen LogP contribution in [0.5, 0.6) is 5.75 Å². The summed E-state index contributed by atoms with van der Waals surface area (Å²) >= 11 is 5.69. The quantitative estimate of drug-likeness (QED) is 0.880. The SMILES string of the molecule is OCc1cccc(OCC(F)(F)F)c1Cl. The molecule has 0 bridgehead atoms. The summed E-state index contributed by atoms with van der Waals surface area (Å²) in [7, 11) is 0. The van der Waals surface area contributed by atoms with Crippen LogP contribution in [-0.2, 0) is 6.61 Å². The zero-order valence-electron chi connectivity index (χ0n) is 7.51. The Morgan fingerprint density at radius 2 is 2.00 bits per heavy atom. The summed E-state index contributed by atoms with van der Waals surface area (Å²) in [5.74, 6) is -0.0828. The first-order valence-electron chi connectivity index (χ1n) is 4.02. The lowest BCUT2D eigenvalue weighted by Gasteiger charge is -2.11. The first-order valence-corrected chi connectivity index (χ1v) is 4.39. The van der Waals surface area contributed by atoms with Crippen LogP contribution in [0.25, 0.3) is 0 Å². The minimum Gasteiger partial charge on any atom is -0.483 e. The molecule has 0 saturated heterocycles. The van der Waals surface area contributed by atoms with Gasteiger partial charge in [0.05, 0.1) is 11.6 Å².